The third kappa shape index (κ3) is 6.62. The number of anilines is 1. The molecule has 196 valence electrons. The van der Waals surface area contributed by atoms with Crippen molar-refractivity contribution in [1.82, 2.24) is 9.80 Å². The van der Waals surface area contributed by atoms with Gasteiger partial charge in [-0.3, -0.25) is 14.4 Å². The van der Waals surface area contributed by atoms with Gasteiger partial charge in [-0.1, -0.05) is 17.8 Å². The molecule has 2 heterocycles. The standard InChI is InChI=1S/C27H32N4O5S/c1-30(17-19-10-11-21(35-2)15-22(19)36-3)26(34)18-8-7-9-20(14-18)28-24(32)16-23-25(33)29-27(37-23)31-12-5-4-6-13-31/h7-11,14-15,23H,4-6,12-13,16-17H2,1-3H3,(H,28,32)/t23-/m0/s1. The van der Waals surface area contributed by atoms with Crippen molar-refractivity contribution in [2.75, 3.05) is 39.7 Å². The maximum atomic E-state index is 13.1. The molecule has 0 spiro atoms. The zero-order chi connectivity index (χ0) is 26.4. The van der Waals surface area contributed by atoms with Gasteiger partial charge in [0.2, 0.25) is 5.91 Å². The lowest BCUT2D eigenvalue weighted by Gasteiger charge is -2.27. The number of benzene rings is 2. The van der Waals surface area contributed by atoms with Crippen LogP contribution in [-0.2, 0) is 16.1 Å². The first-order chi connectivity index (χ1) is 17.9. The summed E-state index contributed by atoms with van der Waals surface area (Å²) in [6.45, 7) is 2.14. The van der Waals surface area contributed by atoms with Crippen molar-refractivity contribution in [3.05, 3.63) is 53.6 Å². The molecule has 1 saturated heterocycles. The van der Waals surface area contributed by atoms with E-state index in [9.17, 15) is 14.4 Å². The number of nitrogens with zero attached hydrogens (tertiary/aromatic N) is 3. The highest BCUT2D eigenvalue weighted by molar-refractivity contribution is 8.15. The Kier molecular flexibility index (Phi) is 8.70. The second-order valence-electron chi connectivity index (χ2n) is 9.06. The predicted octanol–water partition coefficient (Wildman–Crippen LogP) is 3.79. The van der Waals surface area contributed by atoms with Crippen LogP contribution < -0.4 is 14.8 Å². The van der Waals surface area contributed by atoms with Crippen LogP contribution in [0.3, 0.4) is 0 Å². The number of carbonyl (C=O) groups is 3. The average molecular weight is 525 g/mol. The zero-order valence-corrected chi connectivity index (χ0v) is 22.2. The molecular weight excluding hydrogens is 492 g/mol. The topological polar surface area (TPSA) is 101 Å². The summed E-state index contributed by atoms with van der Waals surface area (Å²) in [6.07, 6.45) is 3.41. The molecule has 0 aliphatic carbocycles. The maximum Gasteiger partial charge on any atom is 0.262 e. The molecule has 1 N–H and O–H groups in total. The molecule has 2 aromatic rings. The zero-order valence-electron chi connectivity index (χ0n) is 21.4. The highest BCUT2D eigenvalue weighted by atomic mass is 32.2. The van der Waals surface area contributed by atoms with Crippen molar-refractivity contribution < 1.29 is 23.9 Å². The highest BCUT2D eigenvalue weighted by Crippen LogP contribution is 2.29. The molecule has 0 aromatic heterocycles. The van der Waals surface area contributed by atoms with Crippen LogP contribution in [0.4, 0.5) is 5.69 Å². The third-order valence-electron chi connectivity index (χ3n) is 6.37. The van der Waals surface area contributed by atoms with Gasteiger partial charge < -0.3 is 24.6 Å². The van der Waals surface area contributed by atoms with Crippen LogP contribution in [-0.4, -0.2) is 72.3 Å². The Morgan fingerprint density at radius 1 is 1.11 bits per heavy atom. The molecule has 2 aliphatic heterocycles. The van der Waals surface area contributed by atoms with Gasteiger partial charge in [0, 0.05) is 56.0 Å². The van der Waals surface area contributed by atoms with Crippen LogP contribution in [0.25, 0.3) is 0 Å². The van der Waals surface area contributed by atoms with E-state index in [-0.39, 0.29) is 24.1 Å². The Bertz CT molecular complexity index is 1200. The van der Waals surface area contributed by atoms with Crippen LogP contribution in [0.1, 0.15) is 41.6 Å². The van der Waals surface area contributed by atoms with Crippen molar-refractivity contribution in [2.24, 2.45) is 4.99 Å². The molecule has 0 bridgehead atoms. The minimum Gasteiger partial charge on any atom is -0.497 e. The van der Waals surface area contributed by atoms with Gasteiger partial charge in [0.05, 0.1) is 14.2 Å². The molecule has 4 rings (SSSR count). The number of thioether (sulfide) groups is 1. The minimum atomic E-state index is -0.521. The average Bonchev–Trinajstić information content (AvgIpc) is 3.28. The Labute approximate surface area is 221 Å². The number of hydrogen-bond acceptors (Lipinski definition) is 7. The molecule has 2 aromatic carbocycles. The van der Waals surface area contributed by atoms with E-state index >= 15 is 0 Å². The third-order valence-corrected chi connectivity index (χ3v) is 7.58. The van der Waals surface area contributed by atoms with E-state index < -0.39 is 5.25 Å². The van der Waals surface area contributed by atoms with E-state index in [1.807, 2.05) is 12.1 Å². The quantitative estimate of drug-likeness (QED) is 0.561. The van der Waals surface area contributed by atoms with E-state index in [0.29, 0.717) is 29.3 Å². The molecule has 2 aliphatic rings. The fourth-order valence-electron chi connectivity index (χ4n) is 4.37. The summed E-state index contributed by atoms with van der Waals surface area (Å²) in [5.74, 6) is 0.550. The molecule has 10 heteroatoms. The van der Waals surface area contributed by atoms with Gasteiger partial charge in [-0.15, -0.1) is 0 Å². The van der Waals surface area contributed by atoms with Crippen LogP contribution >= 0.6 is 11.8 Å². The van der Waals surface area contributed by atoms with Gasteiger partial charge in [0.25, 0.3) is 11.8 Å². The Balaban J connectivity index is 1.34. The number of hydrogen-bond donors (Lipinski definition) is 1. The molecule has 0 saturated carbocycles. The van der Waals surface area contributed by atoms with Crippen molar-refractivity contribution in [1.29, 1.82) is 0 Å². The van der Waals surface area contributed by atoms with Crippen molar-refractivity contribution in [3.63, 3.8) is 0 Å². The summed E-state index contributed by atoms with van der Waals surface area (Å²) in [5, 5.41) is 3.03. The summed E-state index contributed by atoms with van der Waals surface area (Å²) < 4.78 is 10.7. The molecule has 3 amide bonds. The van der Waals surface area contributed by atoms with Crippen LogP contribution in [0.5, 0.6) is 11.5 Å². The molecular formula is C27H32N4O5S. The first-order valence-corrected chi connectivity index (χ1v) is 13.2. The lowest BCUT2D eigenvalue weighted by molar-refractivity contribution is -0.121. The van der Waals surface area contributed by atoms with E-state index in [2.05, 4.69) is 15.2 Å². The summed E-state index contributed by atoms with van der Waals surface area (Å²) in [6, 6.07) is 12.2. The number of ether oxygens (including phenoxy) is 2. The predicted molar refractivity (Wildman–Crippen MR) is 144 cm³/mol. The number of nitrogens with one attached hydrogen (secondary N) is 1. The number of carbonyl (C=O) groups excluding carboxylic acids is 3. The number of rotatable bonds is 8. The van der Waals surface area contributed by atoms with Gasteiger partial charge in [0.1, 0.15) is 16.7 Å². The Morgan fingerprint density at radius 2 is 1.89 bits per heavy atom. The fourth-order valence-corrected chi connectivity index (χ4v) is 5.49. The smallest absolute Gasteiger partial charge is 0.262 e. The van der Waals surface area contributed by atoms with E-state index in [1.165, 1.54) is 18.2 Å². The Hall–Kier alpha value is -3.53. The highest BCUT2D eigenvalue weighted by Gasteiger charge is 2.33. The lowest BCUT2D eigenvalue weighted by Crippen LogP contribution is -2.33. The van der Waals surface area contributed by atoms with Gasteiger partial charge in [-0.05, 0) is 49.6 Å². The van der Waals surface area contributed by atoms with E-state index in [0.717, 1.165) is 36.7 Å². The largest absolute Gasteiger partial charge is 0.497 e. The SMILES string of the molecule is COc1ccc(CN(C)C(=O)c2cccc(NC(=O)C[C@@H]3SC(N4CCCCC4)=NC3=O)c2)c(OC)c1. The number of amides is 3. The van der Waals surface area contributed by atoms with E-state index in [1.54, 1.807) is 56.5 Å². The lowest BCUT2D eigenvalue weighted by atomic mass is 10.1. The summed E-state index contributed by atoms with van der Waals surface area (Å²) in [5.41, 5.74) is 1.78. The van der Waals surface area contributed by atoms with Gasteiger partial charge in [-0.2, -0.15) is 4.99 Å². The number of likely N-dealkylation sites (tertiary alicyclic amines) is 1. The number of methoxy groups -OCH3 is 2. The minimum absolute atomic E-state index is 0.0275. The molecule has 1 fully saturated rings. The molecule has 1 atom stereocenters. The molecule has 37 heavy (non-hydrogen) atoms. The first-order valence-electron chi connectivity index (χ1n) is 12.3. The summed E-state index contributed by atoms with van der Waals surface area (Å²) >= 11 is 1.37. The number of amidine groups is 1. The van der Waals surface area contributed by atoms with Crippen LogP contribution in [0, 0.1) is 0 Å². The number of aliphatic imine (C=N–C) groups is 1. The van der Waals surface area contributed by atoms with Gasteiger partial charge >= 0.3 is 0 Å². The van der Waals surface area contributed by atoms with Gasteiger partial charge in [-0.25, -0.2) is 0 Å². The molecule has 0 unspecified atom stereocenters. The van der Waals surface area contributed by atoms with Crippen molar-refractivity contribution >= 4 is 40.3 Å². The summed E-state index contributed by atoms with van der Waals surface area (Å²) in [4.78, 5) is 46.1. The maximum absolute atomic E-state index is 13.1. The molecule has 9 nitrogen and oxygen atoms in total. The van der Waals surface area contributed by atoms with Gasteiger partial charge in [0.15, 0.2) is 5.17 Å². The summed E-state index contributed by atoms with van der Waals surface area (Å²) in [7, 11) is 4.87. The van der Waals surface area contributed by atoms with Crippen LogP contribution in [0.2, 0.25) is 0 Å². The molecule has 0 radical (unpaired) electrons. The monoisotopic (exact) mass is 524 g/mol. The second kappa shape index (κ2) is 12.1. The van der Waals surface area contributed by atoms with Crippen molar-refractivity contribution in [2.45, 2.75) is 37.5 Å². The van der Waals surface area contributed by atoms with E-state index in [4.69, 9.17) is 9.47 Å². The number of piperidine rings is 1. The normalized spacial score (nSPS) is 17.3. The second-order valence-corrected chi connectivity index (χ2v) is 10.2. The fraction of sp³-hybridized carbons (Fsp3) is 0.407. The Morgan fingerprint density at radius 3 is 2.62 bits per heavy atom. The van der Waals surface area contributed by atoms with Crippen molar-refractivity contribution in [3.8, 4) is 11.5 Å². The first kappa shape index (κ1) is 26.5. The van der Waals surface area contributed by atoms with Crippen LogP contribution in [0.15, 0.2) is 47.5 Å².